The van der Waals surface area contributed by atoms with Gasteiger partial charge in [-0.1, -0.05) is 33.6 Å². The van der Waals surface area contributed by atoms with E-state index in [0.717, 1.165) is 54.3 Å². The van der Waals surface area contributed by atoms with Gasteiger partial charge in [-0.15, -0.1) is 0 Å². The molecule has 0 aliphatic carbocycles. The second kappa shape index (κ2) is 6.87. The van der Waals surface area contributed by atoms with Crippen LogP contribution in [0.2, 0.25) is 5.02 Å². The summed E-state index contributed by atoms with van der Waals surface area (Å²) in [6, 6.07) is 5.87. The Kier molecular flexibility index (Phi) is 5.45. The number of halogens is 2. The molecule has 1 aliphatic heterocycles. The number of morpholine rings is 1. The first kappa shape index (κ1) is 14.3. The molecule has 2 N–H and O–H groups in total. The largest absolute Gasteiger partial charge is 0.379 e. The molecule has 1 saturated heterocycles. The van der Waals surface area contributed by atoms with E-state index in [4.69, 9.17) is 22.1 Å². The molecule has 0 amide bonds. The maximum Gasteiger partial charge on any atom is 0.0594 e. The molecule has 1 fully saturated rings. The number of ether oxygens (including phenoxy) is 1. The van der Waals surface area contributed by atoms with Gasteiger partial charge >= 0.3 is 0 Å². The first-order chi connectivity index (χ1) is 8.66. The molecule has 0 spiro atoms. The van der Waals surface area contributed by atoms with E-state index in [1.807, 2.05) is 18.2 Å². The van der Waals surface area contributed by atoms with Crippen LogP contribution in [0.3, 0.4) is 0 Å². The quantitative estimate of drug-likeness (QED) is 0.921. The molecule has 18 heavy (non-hydrogen) atoms. The van der Waals surface area contributed by atoms with Crippen molar-refractivity contribution in [3.05, 3.63) is 33.3 Å². The molecule has 1 unspecified atom stereocenters. The highest BCUT2D eigenvalue weighted by Gasteiger charge is 2.14. The second-order valence-corrected chi connectivity index (χ2v) is 5.84. The van der Waals surface area contributed by atoms with E-state index in [1.54, 1.807) is 0 Å². The van der Waals surface area contributed by atoms with Crippen LogP contribution in [0.15, 0.2) is 22.7 Å². The van der Waals surface area contributed by atoms with E-state index in [1.165, 1.54) is 0 Å². The zero-order valence-corrected chi connectivity index (χ0v) is 12.6. The monoisotopic (exact) mass is 332 g/mol. The number of nitrogens with zero attached hydrogens (tertiary/aromatic N) is 1. The van der Waals surface area contributed by atoms with Crippen molar-refractivity contribution < 1.29 is 4.74 Å². The molecule has 2 rings (SSSR count). The van der Waals surface area contributed by atoms with Crippen molar-refractivity contribution in [2.75, 3.05) is 32.8 Å². The van der Waals surface area contributed by atoms with Crippen LogP contribution in [0, 0.1) is 0 Å². The Hall–Kier alpha value is -0.130. The van der Waals surface area contributed by atoms with Crippen molar-refractivity contribution in [2.45, 2.75) is 12.5 Å². The summed E-state index contributed by atoms with van der Waals surface area (Å²) in [6.07, 6.45) is 0.918. The summed E-state index contributed by atoms with van der Waals surface area (Å²) in [5.74, 6) is 0. The van der Waals surface area contributed by atoms with Gasteiger partial charge in [0.15, 0.2) is 0 Å². The highest BCUT2D eigenvalue weighted by atomic mass is 79.9. The predicted molar refractivity (Wildman–Crippen MR) is 78.0 cm³/mol. The third kappa shape index (κ3) is 3.93. The van der Waals surface area contributed by atoms with E-state index in [9.17, 15) is 0 Å². The molecule has 0 bridgehead atoms. The molecule has 0 saturated carbocycles. The Morgan fingerprint density at radius 2 is 2.11 bits per heavy atom. The normalized spacial score (nSPS) is 18.8. The van der Waals surface area contributed by atoms with Gasteiger partial charge in [-0.05, 0) is 24.1 Å². The van der Waals surface area contributed by atoms with Gasteiger partial charge in [0.2, 0.25) is 0 Å². The number of nitrogens with two attached hydrogens (primary N) is 1. The van der Waals surface area contributed by atoms with Gasteiger partial charge < -0.3 is 10.5 Å². The van der Waals surface area contributed by atoms with E-state index >= 15 is 0 Å². The SMILES string of the molecule is NC(CCN1CCOCC1)c1ccc(Br)cc1Cl. The molecule has 1 aromatic rings. The maximum atomic E-state index is 6.21. The molecule has 1 heterocycles. The molecule has 1 aromatic carbocycles. The zero-order valence-electron chi connectivity index (χ0n) is 10.2. The van der Waals surface area contributed by atoms with Crippen LogP contribution in [0.5, 0.6) is 0 Å². The van der Waals surface area contributed by atoms with Gasteiger partial charge in [-0.3, -0.25) is 4.90 Å². The van der Waals surface area contributed by atoms with Crippen LogP contribution in [-0.4, -0.2) is 37.7 Å². The first-order valence-corrected chi connectivity index (χ1v) is 7.34. The zero-order chi connectivity index (χ0) is 13.0. The van der Waals surface area contributed by atoms with Crippen molar-refractivity contribution in [1.82, 2.24) is 4.90 Å². The third-order valence-electron chi connectivity index (χ3n) is 3.22. The van der Waals surface area contributed by atoms with Crippen LogP contribution in [-0.2, 0) is 4.74 Å². The van der Waals surface area contributed by atoms with Gasteiger partial charge in [-0.25, -0.2) is 0 Å². The Balaban J connectivity index is 1.88. The minimum absolute atomic E-state index is 0.00607. The van der Waals surface area contributed by atoms with Crippen molar-refractivity contribution in [3.63, 3.8) is 0 Å². The number of hydrogen-bond donors (Lipinski definition) is 1. The van der Waals surface area contributed by atoms with Crippen LogP contribution in [0.1, 0.15) is 18.0 Å². The molecular formula is C13H18BrClN2O. The highest BCUT2D eigenvalue weighted by molar-refractivity contribution is 9.10. The molecule has 3 nitrogen and oxygen atoms in total. The van der Waals surface area contributed by atoms with Gasteiger partial charge in [0.25, 0.3) is 0 Å². The van der Waals surface area contributed by atoms with Gasteiger partial charge in [-0.2, -0.15) is 0 Å². The summed E-state index contributed by atoms with van der Waals surface area (Å²) in [4.78, 5) is 2.39. The van der Waals surface area contributed by atoms with Gasteiger partial charge in [0.1, 0.15) is 0 Å². The summed E-state index contributed by atoms with van der Waals surface area (Å²) < 4.78 is 6.31. The minimum Gasteiger partial charge on any atom is -0.379 e. The lowest BCUT2D eigenvalue weighted by Gasteiger charge is -2.27. The summed E-state index contributed by atoms with van der Waals surface area (Å²) in [6.45, 7) is 4.65. The van der Waals surface area contributed by atoms with E-state index in [2.05, 4.69) is 20.8 Å². The Bertz CT molecular complexity index is 397. The lowest BCUT2D eigenvalue weighted by Crippen LogP contribution is -2.37. The van der Waals surface area contributed by atoms with E-state index in [0.29, 0.717) is 0 Å². The molecule has 0 radical (unpaired) electrons. The van der Waals surface area contributed by atoms with Crippen LogP contribution < -0.4 is 5.73 Å². The van der Waals surface area contributed by atoms with Crippen LogP contribution in [0.25, 0.3) is 0 Å². The fraction of sp³-hybridized carbons (Fsp3) is 0.538. The smallest absolute Gasteiger partial charge is 0.0594 e. The van der Waals surface area contributed by atoms with Crippen LogP contribution in [0.4, 0.5) is 0 Å². The van der Waals surface area contributed by atoms with E-state index < -0.39 is 0 Å². The summed E-state index contributed by atoms with van der Waals surface area (Å²) in [5.41, 5.74) is 7.23. The summed E-state index contributed by atoms with van der Waals surface area (Å²) in [7, 11) is 0. The third-order valence-corrected chi connectivity index (χ3v) is 4.04. The Morgan fingerprint density at radius 3 is 2.78 bits per heavy atom. The molecule has 1 aliphatic rings. The Morgan fingerprint density at radius 1 is 1.39 bits per heavy atom. The predicted octanol–water partition coefficient (Wildman–Crippen LogP) is 2.82. The maximum absolute atomic E-state index is 6.21. The minimum atomic E-state index is -0.00607. The fourth-order valence-corrected chi connectivity index (χ4v) is 2.92. The fourth-order valence-electron chi connectivity index (χ4n) is 2.10. The standard InChI is InChI=1S/C13H18BrClN2O/c14-10-1-2-11(12(15)9-10)13(16)3-4-17-5-7-18-8-6-17/h1-2,9,13H,3-8,16H2. The molecule has 1 atom stereocenters. The number of hydrogen-bond acceptors (Lipinski definition) is 3. The highest BCUT2D eigenvalue weighted by Crippen LogP contribution is 2.27. The number of benzene rings is 1. The number of rotatable bonds is 4. The van der Waals surface area contributed by atoms with Crippen LogP contribution >= 0.6 is 27.5 Å². The van der Waals surface area contributed by atoms with Gasteiger partial charge in [0, 0.05) is 35.2 Å². The molecule has 0 aromatic heterocycles. The lowest BCUT2D eigenvalue weighted by molar-refractivity contribution is 0.0366. The van der Waals surface area contributed by atoms with Gasteiger partial charge in [0.05, 0.1) is 13.2 Å². The lowest BCUT2D eigenvalue weighted by atomic mass is 10.0. The Labute approximate surface area is 121 Å². The van der Waals surface area contributed by atoms with E-state index in [-0.39, 0.29) is 6.04 Å². The molecular weight excluding hydrogens is 316 g/mol. The second-order valence-electron chi connectivity index (χ2n) is 4.52. The van der Waals surface area contributed by atoms with Crippen molar-refractivity contribution in [1.29, 1.82) is 0 Å². The summed E-state index contributed by atoms with van der Waals surface area (Å²) >= 11 is 9.60. The summed E-state index contributed by atoms with van der Waals surface area (Å²) in [5, 5.41) is 0.735. The topological polar surface area (TPSA) is 38.5 Å². The van der Waals surface area contributed by atoms with Crippen molar-refractivity contribution in [2.24, 2.45) is 5.73 Å². The average molecular weight is 334 g/mol. The first-order valence-electron chi connectivity index (χ1n) is 6.17. The molecule has 5 heteroatoms. The van der Waals surface area contributed by atoms with Crippen molar-refractivity contribution in [3.8, 4) is 0 Å². The van der Waals surface area contributed by atoms with Crippen molar-refractivity contribution >= 4 is 27.5 Å². The molecule has 100 valence electrons. The average Bonchev–Trinajstić information content (AvgIpc) is 2.37.